The van der Waals surface area contributed by atoms with Gasteiger partial charge in [0.15, 0.2) is 0 Å². The first-order valence-electron chi connectivity index (χ1n) is 18.7. The minimum atomic E-state index is -2.62. The molecule has 18 nitrogen and oxygen atoms in total. The molecule has 0 radical (unpaired) electrons. The van der Waals surface area contributed by atoms with Crippen LogP contribution < -0.4 is 0 Å². The summed E-state index contributed by atoms with van der Waals surface area (Å²) in [6.45, 7) is 0. The molecule has 1 rings (SSSR count). The molecule has 24 heteroatoms. The summed E-state index contributed by atoms with van der Waals surface area (Å²) >= 11 is 0. The molecule has 0 saturated carbocycles. The molecule has 0 amide bonds. The van der Waals surface area contributed by atoms with Crippen molar-refractivity contribution in [2.45, 2.75) is 61.9 Å². The van der Waals surface area contributed by atoms with E-state index in [-0.39, 0.29) is 6.23 Å². The van der Waals surface area contributed by atoms with Crippen molar-refractivity contribution in [3.63, 3.8) is 0 Å². The number of hydrogen-bond donors (Lipinski definition) is 1. The van der Waals surface area contributed by atoms with Gasteiger partial charge in [-0.05, 0) is 24.0 Å². The topological polar surface area (TPSA) is 177 Å². The van der Waals surface area contributed by atoms with Crippen molar-refractivity contribution in [1.82, 2.24) is 0 Å². The average molecular weight is 943 g/mol. The van der Waals surface area contributed by atoms with Gasteiger partial charge >= 0.3 is 52.6 Å². The van der Waals surface area contributed by atoms with Gasteiger partial charge in [0.1, 0.15) is 0 Å². The molecule has 0 fully saturated rings. The lowest BCUT2D eigenvalue weighted by molar-refractivity contribution is 0.109. The average Bonchev–Trinajstić information content (AvgIpc) is 3.29. The third kappa shape index (κ3) is 19.9. The van der Waals surface area contributed by atoms with Gasteiger partial charge in [-0.15, -0.1) is 0 Å². The van der Waals surface area contributed by atoms with Crippen LogP contribution in [0.4, 0.5) is 0 Å². The molecule has 58 heavy (non-hydrogen) atoms. The minimum Gasteiger partial charge on any atom is -0.396 e. The first kappa shape index (κ1) is 59.9. The van der Waals surface area contributed by atoms with E-state index in [4.69, 9.17) is 75.2 Å². The summed E-state index contributed by atoms with van der Waals surface area (Å²) in [5, 5.41) is 9.51. The van der Waals surface area contributed by atoms with Gasteiger partial charge in [-0.1, -0.05) is 37.1 Å². The van der Waals surface area contributed by atoms with E-state index in [2.05, 4.69) is 0 Å². The third-order valence-corrected chi connectivity index (χ3v) is 27.3. The summed E-state index contributed by atoms with van der Waals surface area (Å²) in [4.78, 5) is 0. The molecule has 0 aliphatic heterocycles. The fraction of sp³-hybridized carbons (Fsp3) is 0.824. The number of hydrogen-bond acceptors (Lipinski definition) is 18. The van der Waals surface area contributed by atoms with E-state index in [1.165, 1.54) is 0 Å². The second-order valence-electron chi connectivity index (χ2n) is 12.5. The Bertz CT molecular complexity index is 974. The summed E-state index contributed by atoms with van der Waals surface area (Å²) in [5.74, 6) is 0. The normalized spacial score (nSPS) is 12.9. The fourth-order valence-corrected chi connectivity index (χ4v) is 17.4. The Kier molecular flexibility index (Phi) is 33.5. The van der Waals surface area contributed by atoms with Gasteiger partial charge in [0.25, 0.3) is 0 Å². The summed E-state index contributed by atoms with van der Waals surface area (Å²) in [6, 6.07) is 12.1. The first-order valence-corrected chi connectivity index (χ1v) is 30.6. The van der Waals surface area contributed by atoms with Crippen LogP contribution in [0.15, 0.2) is 24.3 Å². The minimum absolute atomic E-state index is 0.0746. The zero-order valence-corrected chi connectivity index (χ0v) is 44.5. The molecule has 346 valence electrons. The molecular formula is C34H78O18Si6. The smallest absolute Gasteiger partial charge is 0.396 e. The molecule has 0 bridgehead atoms. The quantitative estimate of drug-likeness (QED) is 0.0808. The predicted octanol–water partition coefficient (Wildman–Crippen LogP) is 4.04. The molecule has 1 aromatic rings. The molecule has 0 unspecified atom stereocenters. The molecule has 1 aromatic carbocycles. The molecule has 0 aliphatic rings. The molecular weight excluding hydrogens is 865 g/mol. The van der Waals surface area contributed by atoms with Crippen molar-refractivity contribution in [2.75, 3.05) is 127 Å². The fourth-order valence-electron chi connectivity index (χ4n) is 5.78. The maximum atomic E-state index is 9.51. The van der Waals surface area contributed by atoms with Crippen LogP contribution in [0.25, 0.3) is 0 Å². The Morgan fingerprint density at radius 3 is 0.776 bits per heavy atom. The molecule has 0 saturated heterocycles. The van der Waals surface area contributed by atoms with Gasteiger partial charge in [-0.25, -0.2) is 0 Å². The number of aliphatic hydroxyl groups excluding tert-OH is 1. The van der Waals surface area contributed by atoms with E-state index in [1.54, 1.807) is 121 Å². The maximum Gasteiger partial charge on any atom is 0.504 e. The van der Waals surface area contributed by atoms with Crippen LogP contribution >= 0.6 is 0 Å². The number of rotatable bonds is 32. The number of aliphatic hydroxyl groups is 1. The summed E-state index contributed by atoms with van der Waals surface area (Å²) in [5.41, 5.74) is 2.14. The van der Waals surface area contributed by atoms with Gasteiger partial charge < -0.3 is 80.3 Å². The van der Waals surface area contributed by atoms with Crippen molar-refractivity contribution in [3.8, 4) is 0 Å². The van der Waals surface area contributed by atoms with E-state index in [0.29, 0.717) is 24.2 Å². The van der Waals surface area contributed by atoms with Crippen LogP contribution in [-0.4, -0.2) is 185 Å². The van der Waals surface area contributed by atoms with Crippen LogP contribution in [-0.2, 0) is 87.3 Å². The predicted molar refractivity (Wildman–Crippen MR) is 232 cm³/mol. The lowest BCUT2D eigenvalue weighted by Crippen LogP contribution is -2.48. The highest BCUT2D eigenvalue weighted by molar-refractivity contribution is 6.67. The van der Waals surface area contributed by atoms with Crippen molar-refractivity contribution < 1.29 is 80.3 Å². The second-order valence-corrected chi connectivity index (χ2v) is 31.2. The molecule has 1 N–H and O–H groups in total. The maximum absolute atomic E-state index is 9.51. The lowest BCUT2D eigenvalue weighted by Gasteiger charge is -2.29. The van der Waals surface area contributed by atoms with E-state index in [9.17, 15) is 5.11 Å². The zero-order valence-electron chi connectivity index (χ0n) is 38.5. The monoisotopic (exact) mass is 942 g/mol. The highest BCUT2D eigenvalue weighted by Gasteiger charge is 2.46. The molecule has 0 heterocycles. The third-order valence-electron chi connectivity index (χ3n) is 10.0. The van der Waals surface area contributed by atoms with Gasteiger partial charge in [0.2, 0.25) is 0 Å². The lowest BCUT2D eigenvalue weighted by atomic mass is 10.2. The van der Waals surface area contributed by atoms with E-state index in [1.807, 2.05) is 24.3 Å². The summed E-state index contributed by atoms with van der Waals surface area (Å²) in [6.07, 6.45) is 4.19. The zero-order chi connectivity index (χ0) is 44.8. The first-order chi connectivity index (χ1) is 27.7. The van der Waals surface area contributed by atoms with Gasteiger partial charge in [-0.2, -0.15) is 0 Å². The van der Waals surface area contributed by atoms with Crippen molar-refractivity contribution in [1.29, 1.82) is 0 Å². The van der Waals surface area contributed by atoms with Crippen LogP contribution in [0.2, 0.25) is 24.2 Å². The SMILES string of the molecule is CO[Si](CCCCCC[Si](OC)(OC)OC)(OC)OC.CO[Si](CC[Si](OC)(OC)OC)(OC)OC.CO[Si](CO)(Cc1ccc(C[Si](OC)(OC)OC)cc1)OC. The Balaban J connectivity index is 0. The van der Waals surface area contributed by atoms with Gasteiger partial charge in [0.05, 0.1) is 6.23 Å². The van der Waals surface area contributed by atoms with Crippen molar-refractivity contribution >= 4 is 52.6 Å². The molecule has 0 aromatic heterocycles. The van der Waals surface area contributed by atoms with Gasteiger partial charge in [-0.3, -0.25) is 0 Å². The standard InChI is InChI=1S/C14H26O6Si2.C12H30O6Si2.C8H22O6Si2/c1-16-21(12-15,17-2)10-13-6-8-14(9-7-13)11-22(18-3,19-4)20-5;1-13-19(14-2,15-3)11-9-7-8-10-12-20(16-4,17-5)18-6;1-9-15(10-2,11-3)7-8-16(12-4,13-5)14-6/h6-9,15H,10-12H2,1-5H3;7-12H2,1-6H3;7-8H2,1-6H3. The highest BCUT2D eigenvalue weighted by atomic mass is 28.4. The van der Waals surface area contributed by atoms with Crippen LogP contribution in [0.3, 0.4) is 0 Å². The second kappa shape index (κ2) is 32.5. The van der Waals surface area contributed by atoms with E-state index < -0.39 is 52.6 Å². The van der Waals surface area contributed by atoms with E-state index in [0.717, 1.165) is 48.9 Å². The van der Waals surface area contributed by atoms with Gasteiger partial charge in [0, 0.05) is 157 Å². The Morgan fingerprint density at radius 1 is 0.310 bits per heavy atom. The van der Waals surface area contributed by atoms with Crippen molar-refractivity contribution in [3.05, 3.63) is 35.4 Å². The molecule has 0 spiro atoms. The van der Waals surface area contributed by atoms with Crippen LogP contribution in [0.1, 0.15) is 36.8 Å². The summed E-state index contributed by atoms with van der Waals surface area (Å²) < 4.78 is 91.4. The summed E-state index contributed by atoms with van der Waals surface area (Å²) in [7, 11) is 12.2. The largest absolute Gasteiger partial charge is 0.504 e. The highest BCUT2D eigenvalue weighted by Crippen LogP contribution is 2.24. The number of benzene rings is 1. The van der Waals surface area contributed by atoms with Crippen LogP contribution in [0, 0.1) is 0 Å². The molecule has 0 atom stereocenters. The Morgan fingerprint density at radius 2 is 0.552 bits per heavy atom. The Labute approximate surface area is 356 Å². The number of unbranched alkanes of at least 4 members (excludes halogenated alkanes) is 3. The van der Waals surface area contributed by atoms with Crippen molar-refractivity contribution in [2.24, 2.45) is 0 Å². The van der Waals surface area contributed by atoms with Crippen LogP contribution in [0.5, 0.6) is 0 Å². The Hall–Kier alpha value is -0.199. The van der Waals surface area contributed by atoms with E-state index >= 15 is 0 Å². The molecule has 0 aliphatic carbocycles.